The van der Waals surface area contributed by atoms with Crippen molar-refractivity contribution in [2.75, 3.05) is 0 Å². The van der Waals surface area contributed by atoms with Crippen molar-refractivity contribution >= 4 is 21.7 Å². The van der Waals surface area contributed by atoms with Gasteiger partial charge in [-0.05, 0) is 12.1 Å². The molecule has 0 atom stereocenters. The van der Waals surface area contributed by atoms with Gasteiger partial charge in [0.25, 0.3) is 0 Å². The minimum atomic E-state index is -4.16. The van der Waals surface area contributed by atoms with Gasteiger partial charge in [-0.25, -0.2) is 0 Å². The highest BCUT2D eigenvalue weighted by Crippen LogP contribution is 2.25. The lowest BCUT2D eigenvalue weighted by Gasteiger charge is -2.15. The van der Waals surface area contributed by atoms with Crippen LogP contribution in [0.2, 0.25) is 0 Å². The zero-order valence-corrected chi connectivity index (χ0v) is 12.0. The van der Waals surface area contributed by atoms with Crippen molar-refractivity contribution in [3.8, 4) is 0 Å². The minimum Gasteiger partial charge on any atom is -0.375 e. The predicted octanol–water partition coefficient (Wildman–Crippen LogP) is 2.36. The second kappa shape index (κ2) is 5.23. The molecule has 1 aliphatic rings. The second-order valence-electron chi connectivity index (χ2n) is 4.60. The SMILES string of the molecule is O=C1C=C(OS(=O)(=O)c2ccccc2)C(=O)c2ccccc21. The van der Waals surface area contributed by atoms with Gasteiger partial charge < -0.3 is 4.18 Å². The number of ketones is 2. The summed E-state index contributed by atoms with van der Waals surface area (Å²) in [7, 11) is -4.16. The molecule has 0 bridgehead atoms. The maximum Gasteiger partial charge on any atom is 0.339 e. The first-order valence-corrected chi connectivity index (χ1v) is 7.79. The van der Waals surface area contributed by atoms with Crippen molar-refractivity contribution in [1.29, 1.82) is 0 Å². The van der Waals surface area contributed by atoms with Gasteiger partial charge in [0, 0.05) is 17.2 Å². The Balaban J connectivity index is 1.98. The summed E-state index contributed by atoms with van der Waals surface area (Å²) in [5.41, 5.74) is 0.366. The van der Waals surface area contributed by atoms with Crippen molar-refractivity contribution in [3.63, 3.8) is 0 Å². The molecule has 1 aliphatic carbocycles. The molecule has 3 rings (SSSR count). The van der Waals surface area contributed by atoms with Crippen LogP contribution in [0.4, 0.5) is 0 Å². The van der Waals surface area contributed by atoms with Gasteiger partial charge in [-0.1, -0.05) is 42.5 Å². The molecule has 0 heterocycles. The second-order valence-corrected chi connectivity index (χ2v) is 6.14. The number of hydrogen-bond donors (Lipinski definition) is 0. The summed E-state index contributed by atoms with van der Waals surface area (Å²) in [5, 5.41) is 0. The summed E-state index contributed by atoms with van der Waals surface area (Å²) < 4.78 is 29.1. The Hall–Kier alpha value is -2.73. The third-order valence-corrected chi connectivity index (χ3v) is 4.40. The van der Waals surface area contributed by atoms with Crippen LogP contribution in [-0.4, -0.2) is 20.0 Å². The monoisotopic (exact) mass is 314 g/mol. The van der Waals surface area contributed by atoms with Gasteiger partial charge in [-0.3, -0.25) is 9.59 Å². The fourth-order valence-corrected chi connectivity index (χ4v) is 3.05. The number of carbonyl (C=O) groups is 2. The summed E-state index contributed by atoms with van der Waals surface area (Å²) in [5.74, 6) is -1.59. The number of fused-ring (bicyclic) bond motifs is 1. The number of hydrogen-bond acceptors (Lipinski definition) is 5. The molecule has 0 unspecified atom stereocenters. The highest BCUT2D eigenvalue weighted by atomic mass is 32.2. The molecule has 0 radical (unpaired) electrons. The molecule has 0 N–H and O–H groups in total. The Morgan fingerprint density at radius 2 is 1.36 bits per heavy atom. The maximum absolute atomic E-state index is 12.3. The summed E-state index contributed by atoms with van der Waals surface area (Å²) in [6.45, 7) is 0. The Morgan fingerprint density at radius 3 is 2.05 bits per heavy atom. The average Bonchev–Trinajstić information content (AvgIpc) is 2.53. The highest BCUT2D eigenvalue weighted by Gasteiger charge is 2.30. The quantitative estimate of drug-likeness (QED) is 0.813. The number of benzene rings is 2. The Labute approximate surface area is 127 Å². The van der Waals surface area contributed by atoms with E-state index >= 15 is 0 Å². The van der Waals surface area contributed by atoms with Crippen molar-refractivity contribution in [2.45, 2.75) is 4.90 Å². The van der Waals surface area contributed by atoms with Gasteiger partial charge in [0.15, 0.2) is 11.5 Å². The van der Waals surface area contributed by atoms with E-state index in [4.69, 9.17) is 4.18 Å². The van der Waals surface area contributed by atoms with E-state index in [-0.39, 0.29) is 16.0 Å². The molecule has 2 aromatic carbocycles. The first-order chi connectivity index (χ1) is 10.5. The van der Waals surface area contributed by atoms with Crippen LogP contribution in [0.1, 0.15) is 20.7 Å². The van der Waals surface area contributed by atoms with E-state index in [2.05, 4.69) is 0 Å². The van der Waals surface area contributed by atoms with E-state index in [9.17, 15) is 18.0 Å². The van der Waals surface area contributed by atoms with E-state index in [1.54, 1.807) is 18.2 Å². The Morgan fingerprint density at radius 1 is 0.773 bits per heavy atom. The summed E-state index contributed by atoms with van der Waals surface area (Å²) in [6, 6.07) is 13.6. The molecular formula is C16H10O5S. The number of allylic oxidation sites excluding steroid dienone is 2. The van der Waals surface area contributed by atoms with Crippen molar-refractivity contribution in [2.24, 2.45) is 0 Å². The molecule has 6 heteroatoms. The van der Waals surface area contributed by atoms with Crippen LogP contribution in [0.25, 0.3) is 0 Å². The van der Waals surface area contributed by atoms with Crippen LogP contribution in [0.3, 0.4) is 0 Å². The van der Waals surface area contributed by atoms with E-state index in [0.29, 0.717) is 0 Å². The van der Waals surface area contributed by atoms with Crippen LogP contribution in [0, 0.1) is 0 Å². The third-order valence-electron chi connectivity index (χ3n) is 3.15. The van der Waals surface area contributed by atoms with Crippen molar-refractivity contribution in [3.05, 3.63) is 77.6 Å². The van der Waals surface area contributed by atoms with Crippen LogP contribution in [0.5, 0.6) is 0 Å². The van der Waals surface area contributed by atoms with E-state index < -0.39 is 27.4 Å². The molecule has 110 valence electrons. The summed E-state index contributed by atoms with van der Waals surface area (Å²) in [4.78, 5) is 24.1. The molecule has 22 heavy (non-hydrogen) atoms. The van der Waals surface area contributed by atoms with Crippen LogP contribution in [0.15, 0.2) is 71.3 Å². The molecule has 0 saturated carbocycles. The van der Waals surface area contributed by atoms with Gasteiger partial charge in [0.05, 0.1) is 0 Å². The number of carbonyl (C=O) groups excluding carboxylic acids is 2. The normalized spacial score (nSPS) is 14.3. The van der Waals surface area contributed by atoms with Crippen LogP contribution < -0.4 is 0 Å². The van der Waals surface area contributed by atoms with Crippen LogP contribution >= 0.6 is 0 Å². The standard InChI is InChI=1S/C16H10O5S/c17-14-10-15(16(18)13-9-5-4-8-12(13)14)21-22(19,20)11-6-2-1-3-7-11/h1-10H. The smallest absolute Gasteiger partial charge is 0.339 e. The maximum atomic E-state index is 12.3. The Kier molecular flexibility index (Phi) is 3.38. The van der Waals surface area contributed by atoms with Gasteiger partial charge in [0.1, 0.15) is 4.90 Å². The highest BCUT2D eigenvalue weighted by molar-refractivity contribution is 7.86. The fourth-order valence-electron chi connectivity index (χ4n) is 2.11. The van der Waals surface area contributed by atoms with E-state index in [1.807, 2.05) is 0 Å². The lowest BCUT2D eigenvalue weighted by atomic mass is 9.94. The number of Topliss-reactive ketones (excluding diaryl/α,β-unsaturated/α-hetero) is 1. The largest absolute Gasteiger partial charge is 0.375 e. The zero-order valence-electron chi connectivity index (χ0n) is 11.2. The van der Waals surface area contributed by atoms with Crippen molar-refractivity contribution in [1.82, 2.24) is 0 Å². The fraction of sp³-hybridized carbons (Fsp3) is 0. The third kappa shape index (κ3) is 2.44. The molecule has 0 aliphatic heterocycles. The molecule has 0 fully saturated rings. The van der Waals surface area contributed by atoms with Gasteiger partial charge in [-0.2, -0.15) is 8.42 Å². The summed E-state index contributed by atoms with van der Waals surface area (Å²) >= 11 is 0. The molecule has 0 aromatic heterocycles. The lowest BCUT2D eigenvalue weighted by molar-refractivity contribution is 0.0948. The molecule has 0 spiro atoms. The topological polar surface area (TPSA) is 77.5 Å². The summed E-state index contributed by atoms with van der Waals surface area (Å²) in [6.07, 6.45) is 0.908. The molecule has 0 amide bonds. The average molecular weight is 314 g/mol. The van der Waals surface area contributed by atoms with Crippen LogP contribution in [-0.2, 0) is 14.3 Å². The predicted molar refractivity (Wildman–Crippen MR) is 77.9 cm³/mol. The van der Waals surface area contributed by atoms with Crippen molar-refractivity contribution < 1.29 is 22.2 Å². The molecule has 2 aromatic rings. The zero-order chi connectivity index (χ0) is 15.7. The first-order valence-electron chi connectivity index (χ1n) is 6.38. The Bertz CT molecular complexity index is 895. The first kappa shape index (κ1) is 14.2. The van der Waals surface area contributed by atoms with E-state index in [1.165, 1.54) is 36.4 Å². The van der Waals surface area contributed by atoms with Gasteiger partial charge in [-0.15, -0.1) is 0 Å². The lowest BCUT2D eigenvalue weighted by Crippen LogP contribution is -2.20. The minimum absolute atomic E-state index is 0.0880. The van der Waals surface area contributed by atoms with Gasteiger partial charge >= 0.3 is 10.1 Å². The molecular weight excluding hydrogens is 304 g/mol. The van der Waals surface area contributed by atoms with E-state index in [0.717, 1.165) is 6.08 Å². The molecule has 0 saturated heterocycles. The van der Waals surface area contributed by atoms with Gasteiger partial charge in [0.2, 0.25) is 5.78 Å². The number of rotatable bonds is 3. The molecule has 5 nitrogen and oxygen atoms in total.